The second-order valence-electron chi connectivity index (χ2n) is 5.36. The van der Waals surface area contributed by atoms with Crippen molar-refractivity contribution in [3.8, 4) is 11.1 Å². The van der Waals surface area contributed by atoms with E-state index in [9.17, 15) is 0 Å². The first kappa shape index (κ1) is 12.2. The van der Waals surface area contributed by atoms with E-state index in [0.29, 0.717) is 0 Å². The number of hydrogen-bond donors (Lipinski definition) is 0. The maximum absolute atomic E-state index is 5.94. The molecule has 3 aromatic carbocycles. The molecular weight excluding hydrogens is 256 g/mol. The molecule has 1 heteroatoms. The predicted molar refractivity (Wildman–Crippen MR) is 88.5 cm³/mol. The summed E-state index contributed by atoms with van der Waals surface area (Å²) >= 11 is 0. The number of aryl methyl sites for hydroxylation is 1. The van der Waals surface area contributed by atoms with Crippen molar-refractivity contribution in [3.63, 3.8) is 0 Å². The van der Waals surface area contributed by atoms with Crippen LogP contribution in [0.3, 0.4) is 0 Å². The van der Waals surface area contributed by atoms with E-state index >= 15 is 0 Å². The number of rotatable bonds is 2. The molecule has 1 aromatic heterocycles. The monoisotopic (exact) mass is 272 g/mol. The van der Waals surface area contributed by atoms with Crippen LogP contribution in [-0.2, 0) is 6.42 Å². The molecule has 1 nitrogen and oxygen atoms in total. The molecule has 0 aliphatic rings. The minimum absolute atomic E-state index is 0.956. The third-order valence-corrected chi connectivity index (χ3v) is 4.05. The lowest BCUT2D eigenvalue weighted by molar-refractivity contribution is 0.669. The Morgan fingerprint density at radius 1 is 0.714 bits per heavy atom. The molecule has 0 fully saturated rings. The fourth-order valence-electron chi connectivity index (χ4n) is 2.85. The second kappa shape index (κ2) is 4.78. The Hall–Kier alpha value is -2.54. The van der Waals surface area contributed by atoms with Gasteiger partial charge in [-0.2, -0.15) is 0 Å². The minimum atomic E-state index is 0.956. The molecule has 0 bridgehead atoms. The van der Waals surface area contributed by atoms with Crippen LogP contribution in [0, 0.1) is 0 Å². The molecule has 0 spiro atoms. The van der Waals surface area contributed by atoms with Crippen LogP contribution < -0.4 is 0 Å². The van der Waals surface area contributed by atoms with Gasteiger partial charge in [-0.05, 0) is 47.4 Å². The van der Waals surface area contributed by atoms with Crippen LogP contribution in [0.25, 0.3) is 33.1 Å². The van der Waals surface area contributed by atoms with Crippen molar-refractivity contribution in [3.05, 3.63) is 72.3 Å². The van der Waals surface area contributed by atoms with Crippen molar-refractivity contribution in [2.24, 2.45) is 0 Å². The van der Waals surface area contributed by atoms with E-state index < -0.39 is 0 Å². The summed E-state index contributed by atoms with van der Waals surface area (Å²) in [6.07, 6.45) is 1.04. The van der Waals surface area contributed by atoms with Gasteiger partial charge in [-0.25, -0.2) is 0 Å². The zero-order valence-electron chi connectivity index (χ0n) is 12.0. The molecule has 21 heavy (non-hydrogen) atoms. The SMILES string of the molecule is CCc1ccc2oc3ccc(-c4ccccc4)cc3c2c1. The zero-order chi connectivity index (χ0) is 14.2. The summed E-state index contributed by atoms with van der Waals surface area (Å²) in [7, 11) is 0. The summed E-state index contributed by atoms with van der Waals surface area (Å²) in [6, 6.07) is 23.4. The van der Waals surface area contributed by atoms with Crippen molar-refractivity contribution in [2.75, 3.05) is 0 Å². The third kappa shape index (κ3) is 2.02. The van der Waals surface area contributed by atoms with Crippen LogP contribution in [0.15, 0.2) is 71.1 Å². The van der Waals surface area contributed by atoms with Gasteiger partial charge in [0.15, 0.2) is 0 Å². The molecule has 0 saturated carbocycles. The van der Waals surface area contributed by atoms with Gasteiger partial charge in [0, 0.05) is 10.8 Å². The minimum Gasteiger partial charge on any atom is -0.456 e. The normalized spacial score (nSPS) is 11.3. The first-order chi connectivity index (χ1) is 10.3. The number of furan rings is 1. The summed E-state index contributed by atoms with van der Waals surface area (Å²) in [4.78, 5) is 0. The first-order valence-electron chi connectivity index (χ1n) is 7.36. The molecule has 0 amide bonds. The van der Waals surface area contributed by atoms with Crippen molar-refractivity contribution in [2.45, 2.75) is 13.3 Å². The Labute approximate surface area is 123 Å². The fraction of sp³-hybridized carbons (Fsp3) is 0.100. The highest BCUT2D eigenvalue weighted by Gasteiger charge is 2.08. The predicted octanol–water partition coefficient (Wildman–Crippen LogP) is 5.82. The largest absolute Gasteiger partial charge is 0.456 e. The maximum Gasteiger partial charge on any atom is 0.135 e. The summed E-state index contributed by atoms with van der Waals surface area (Å²) in [5, 5.41) is 2.41. The van der Waals surface area contributed by atoms with Crippen LogP contribution >= 0.6 is 0 Å². The lowest BCUT2D eigenvalue weighted by Crippen LogP contribution is -1.79. The molecule has 0 aliphatic heterocycles. The van der Waals surface area contributed by atoms with E-state index in [2.05, 4.69) is 67.6 Å². The Morgan fingerprint density at radius 2 is 1.43 bits per heavy atom. The molecule has 0 N–H and O–H groups in total. The van der Waals surface area contributed by atoms with Gasteiger partial charge in [0.05, 0.1) is 0 Å². The molecule has 102 valence electrons. The van der Waals surface area contributed by atoms with Crippen molar-refractivity contribution >= 4 is 21.9 Å². The molecule has 0 atom stereocenters. The van der Waals surface area contributed by atoms with Crippen LogP contribution in [0.4, 0.5) is 0 Å². The van der Waals surface area contributed by atoms with Crippen molar-refractivity contribution in [1.29, 1.82) is 0 Å². The summed E-state index contributed by atoms with van der Waals surface area (Å²) < 4.78 is 5.94. The van der Waals surface area contributed by atoms with Gasteiger partial charge >= 0.3 is 0 Å². The molecule has 4 rings (SSSR count). The molecule has 0 radical (unpaired) electrons. The van der Waals surface area contributed by atoms with E-state index in [1.807, 2.05) is 6.07 Å². The topological polar surface area (TPSA) is 13.1 Å². The number of benzene rings is 3. The van der Waals surface area contributed by atoms with Gasteiger partial charge in [-0.3, -0.25) is 0 Å². The van der Waals surface area contributed by atoms with E-state index in [-0.39, 0.29) is 0 Å². The van der Waals surface area contributed by atoms with Crippen molar-refractivity contribution in [1.82, 2.24) is 0 Å². The van der Waals surface area contributed by atoms with E-state index in [4.69, 9.17) is 4.42 Å². The Kier molecular flexibility index (Phi) is 2.78. The van der Waals surface area contributed by atoms with E-state index in [1.165, 1.54) is 27.5 Å². The maximum atomic E-state index is 5.94. The van der Waals surface area contributed by atoms with Crippen LogP contribution in [-0.4, -0.2) is 0 Å². The van der Waals surface area contributed by atoms with Crippen LogP contribution in [0.1, 0.15) is 12.5 Å². The average Bonchev–Trinajstić information content (AvgIpc) is 2.92. The molecule has 0 aliphatic carbocycles. The van der Waals surface area contributed by atoms with Gasteiger partial charge in [-0.1, -0.05) is 49.4 Å². The van der Waals surface area contributed by atoms with Gasteiger partial charge < -0.3 is 4.42 Å². The van der Waals surface area contributed by atoms with Crippen LogP contribution in [0.5, 0.6) is 0 Å². The first-order valence-corrected chi connectivity index (χ1v) is 7.36. The fourth-order valence-corrected chi connectivity index (χ4v) is 2.85. The van der Waals surface area contributed by atoms with E-state index in [0.717, 1.165) is 17.6 Å². The molecular formula is C20H16O. The van der Waals surface area contributed by atoms with Crippen LogP contribution in [0.2, 0.25) is 0 Å². The Bertz CT molecular complexity index is 917. The standard InChI is InChI=1S/C20H16O/c1-2-14-8-10-19-17(12-14)18-13-16(9-11-20(18)21-19)15-6-4-3-5-7-15/h3-13H,2H2,1H3. The average molecular weight is 272 g/mol. The quantitative estimate of drug-likeness (QED) is 0.448. The molecule has 1 heterocycles. The smallest absolute Gasteiger partial charge is 0.135 e. The number of fused-ring (bicyclic) bond motifs is 3. The highest BCUT2D eigenvalue weighted by atomic mass is 16.3. The summed E-state index contributed by atoms with van der Waals surface area (Å²) in [6.45, 7) is 2.18. The zero-order valence-corrected chi connectivity index (χ0v) is 12.0. The Morgan fingerprint density at radius 3 is 2.19 bits per heavy atom. The van der Waals surface area contributed by atoms with E-state index in [1.54, 1.807) is 0 Å². The van der Waals surface area contributed by atoms with Gasteiger partial charge in [0.25, 0.3) is 0 Å². The van der Waals surface area contributed by atoms with Crippen molar-refractivity contribution < 1.29 is 4.42 Å². The highest BCUT2D eigenvalue weighted by molar-refractivity contribution is 6.06. The second-order valence-corrected chi connectivity index (χ2v) is 5.36. The third-order valence-electron chi connectivity index (χ3n) is 4.05. The number of hydrogen-bond acceptors (Lipinski definition) is 1. The van der Waals surface area contributed by atoms with Gasteiger partial charge in [0.2, 0.25) is 0 Å². The summed E-state index contributed by atoms with van der Waals surface area (Å²) in [5.74, 6) is 0. The molecule has 4 aromatic rings. The van der Waals surface area contributed by atoms with Gasteiger partial charge in [0.1, 0.15) is 11.2 Å². The lowest BCUT2D eigenvalue weighted by atomic mass is 10.0. The Balaban J connectivity index is 1.99. The molecule has 0 unspecified atom stereocenters. The van der Waals surface area contributed by atoms with Gasteiger partial charge in [-0.15, -0.1) is 0 Å². The summed E-state index contributed by atoms with van der Waals surface area (Å²) in [5.41, 5.74) is 5.73. The highest BCUT2D eigenvalue weighted by Crippen LogP contribution is 2.32. The lowest BCUT2D eigenvalue weighted by Gasteiger charge is -2.01. The molecule has 0 saturated heterocycles.